The number of carbonyl (C=O) groups is 4. The first-order chi connectivity index (χ1) is 17.5. The van der Waals surface area contributed by atoms with E-state index in [0.717, 1.165) is 6.08 Å². The molecule has 0 aromatic heterocycles. The van der Waals surface area contributed by atoms with Crippen LogP contribution in [0.15, 0.2) is 59.9 Å². The fourth-order valence-corrected chi connectivity index (χ4v) is 3.06. The Morgan fingerprint density at radius 3 is 1.59 bits per heavy atom. The third-order valence-electron chi connectivity index (χ3n) is 4.68. The molecule has 0 bridgehead atoms. The van der Waals surface area contributed by atoms with Crippen molar-refractivity contribution in [1.29, 1.82) is 0 Å². The Morgan fingerprint density at radius 1 is 0.730 bits per heavy atom. The lowest BCUT2D eigenvalue weighted by Crippen LogP contribution is -2.08. The molecule has 0 saturated heterocycles. The predicted molar refractivity (Wildman–Crippen MR) is 134 cm³/mol. The number of carbonyl (C=O) groups excluding carboxylic acids is 3. The lowest BCUT2D eigenvalue weighted by atomic mass is 10.0. The van der Waals surface area contributed by atoms with E-state index in [4.69, 9.17) is 18.9 Å². The summed E-state index contributed by atoms with van der Waals surface area (Å²) in [5, 5.41) is 19.7. The van der Waals surface area contributed by atoms with E-state index in [2.05, 4.69) is 0 Å². The number of aliphatic carboxylic acids is 1. The molecule has 2 N–H and O–H groups in total. The highest BCUT2D eigenvalue weighted by Crippen LogP contribution is 2.30. The summed E-state index contributed by atoms with van der Waals surface area (Å²) in [7, 11) is 2.78. The molecule has 194 valence electrons. The van der Waals surface area contributed by atoms with Crippen LogP contribution in [0.2, 0.25) is 0 Å². The van der Waals surface area contributed by atoms with Gasteiger partial charge in [0.15, 0.2) is 28.8 Å². The molecule has 0 amide bonds. The molecule has 10 heteroatoms. The molecule has 37 heavy (non-hydrogen) atoms. The molecule has 2 aromatic rings. The zero-order valence-corrected chi connectivity index (χ0v) is 20.6. The van der Waals surface area contributed by atoms with Crippen molar-refractivity contribution in [3.8, 4) is 23.0 Å². The first-order valence-corrected chi connectivity index (χ1v) is 10.8. The predicted octanol–water partition coefficient (Wildman–Crippen LogP) is 4.14. The fourth-order valence-electron chi connectivity index (χ4n) is 3.06. The number of methoxy groups -OCH3 is 2. The number of hydrogen-bond acceptors (Lipinski definition) is 9. The quantitative estimate of drug-likeness (QED) is 0.149. The van der Waals surface area contributed by atoms with Crippen molar-refractivity contribution >= 4 is 35.8 Å². The third-order valence-corrected chi connectivity index (χ3v) is 4.68. The zero-order chi connectivity index (χ0) is 27.5. The first-order valence-electron chi connectivity index (χ1n) is 10.8. The van der Waals surface area contributed by atoms with Crippen molar-refractivity contribution in [1.82, 2.24) is 0 Å². The molecule has 10 nitrogen and oxygen atoms in total. The second-order valence-electron chi connectivity index (χ2n) is 7.47. The van der Waals surface area contributed by atoms with Crippen molar-refractivity contribution in [3.05, 3.63) is 71.0 Å². The highest BCUT2D eigenvalue weighted by Gasteiger charge is 2.16. The van der Waals surface area contributed by atoms with Gasteiger partial charge in [-0.25, -0.2) is 0 Å². The Bertz CT molecular complexity index is 1280. The Morgan fingerprint density at radius 2 is 1.19 bits per heavy atom. The standard InChI is InChI=1S/C27H26O10/c1-16(28)36-23-11-7-18(13-25(23)34-3)5-9-21(30)20(15-27(32)33)22(31)10-6-19-8-12-24(37-17(2)29)26(14-19)35-4/h5-14,30H,15H2,1-4H3,(H,32,33)/b9-5+,10-6+,21-20?. The molecule has 0 unspecified atom stereocenters. The summed E-state index contributed by atoms with van der Waals surface area (Å²) in [6, 6.07) is 9.18. The average Bonchev–Trinajstić information content (AvgIpc) is 2.84. The maximum absolute atomic E-state index is 12.7. The van der Waals surface area contributed by atoms with Gasteiger partial charge in [0, 0.05) is 13.8 Å². The minimum atomic E-state index is -1.31. The van der Waals surface area contributed by atoms with Gasteiger partial charge in [-0.3, -0.25) is 19.2 Å². The molecular weight excluding hydrogens is 484 g/mol. The highest BCUT2D eigenvalue weighted by molar-refractivity contribution is 6.09. The Hall–Kier alpha value is -4.86. The summed E-state index contributed by atoms with van der Waals surface area (Å²) in [5.74, 6) is -2.70. The minimum Gasteiger partial charge on any atom is -0.508 e. The van der Waals surface area contributed by atoms with Gasteiger partial charge in [0.05, 0.1) is 26.2 Å². The number of rotatable bonds is 11. The molecule has 2 aromatic carbocycles. The van der Waals surface area contributed by atoms with Crippen molar-refractivity contribution in [2.75, 3.05) is 14.2 Å². The number of esters is 2. The summed E-state index contributed by atoms with van der Waals surface area (Å²) in [6.45, 7) is 2.50. The first kappa shape index (κ1) is 28.4. The molecule has 0 fully saturated rings. The lowest BCUT2D eigenvalue weighted by molar-refractivity contribution is -0.137. The van der Waals surface area contributed by atoms with Crippen molar-refractivity contribution in [3.63, 3.8) is 0 Å². The number of hydrogen-bond donors (Lipinski definition) is 2. The van der Waals surface area contributed by atoms with Gasteiger partial charge in [-0.2, -0.15) is 0 Å². The van der Waals surface area contributed by atoms with E-state index in [-0.39, 0.29) is 28.6 Å². The van der Waals surface area contributed by atoms with Gasteiger partial charge >= 0.3 is 17.9 Å². The van der Waals surface area contributed by atoms with E-state index < -0.39 is 35.9 Å². The van der Waals surface area contributed by atoms with E-state index in [0.29, 0.717) is 11.1 Å². The number of ketones is 1. The Kier molecular flexibility index (Phi) is 10.2. The van der Waals surface area contributed by atoms with Crippen LogP contribution in [0.1, 0.15) is 31.4 Å². The normalized spacial score (nSPS) is 11.7. The summed E-state index contributed by atoms with van der Waals surface area (Å²) in [4.78, 5) is 46.5. The van der Waals surface area contributed by atoms with Gasteiger partial charge < -0.3 is 29.2 Å². The Labute approximate surface area is 213 Å². The molecule has 0 spiro atoms. The maximum Gasteiger partial charge on any atom is 0.308 e. The number of allylic oxidation sites excluding steroid dienone is 2. The molecule has 0 aliphatic rings. The number of aliphatic hydroxyl groups is 1. The van der Waals surface area contributed by atoms with E-state index in [1.165, 1.54) is 70.6 Å². The fraction of sp³-hybridized carbons (Fsp3) is 0.185. The second-order valence-corrected chi connectivity index (χ2v) is 7.47. The van der Waals surface area contributed by atoms with E-state index in [1.807, 2.05) is 0 Å². The Balaban J connectivity index is 2.31. The smallest absolute Gasteiger partial charge is 0.308 e. The number of benzene rings is 2. The van der Waals surface area contributed by atoms with Crippen LogP contribution in [0.25, 0.3) is 12.2 Å². The number of ether oxygens (including phenoxy) is 4. The van der Waals surface area contributed by atoms with Gasteiger partial charge in [0.2, 0.25) is 0 Å². The van der Waals surface area contributed by atoms with Crippen LogP contribution in [-0.4, -0.2) is 48.1 Å². The van der Waals surface area contributed by atoms with Crippen molar-refractivity contribution in [2.24, 2.45) is 0 Å². The molecule has 0 atom stereocenters. The lowest BCUT2D eigenvalue weighted by Gasteiger charge is -2.09. The maximum atomic E-state index is 12.7. The van der Waals surface area contributed by atoms with Crippen LogP contribution in [0.4, 0.5) is 0 Å². The topological polar surface area (TPSA) is 146 Å². The molecule has 0 heterocycles. The minimum absolute atomic E-state index is 0.199. The number of carboxylic acid groups (broad SMARTS) is 1. The van der Waals surface area contributed by atoms with Crippen LogP contribution >= 0.6 is 0 Å². The molecule has 0 saturated carbocycles. The third kappa shape index (κ3) is 8.70. The summed E-state index contributed by atoms with van der Waals surface area (Å²) in [6.07, 6.45) is 4.41. The van der Waals surface area contributed by atoms with E-state index >= 15 is 0 Å². The number of aliphatic hydroxyl groups excluding tert-OH is 1. The van der Waals surface area contributed by atoms with E-state index in [1.54, 1.807) is 12.1 Å². The number of carboxylic acids is 1. The van der Waals surface area contributed by atoms with Gasteiger partial charge in [0.25, 0.3) is 0 Å². The molecule has 2 rings (SSSR count). The van der Waals surface area contributed by atoms with Crippen LogP contribution in [0.5, 0.6) is 23.0 Å². The van der Waals surface area contributed by atoms with Crippen molar-refractivity contribution < 1.29 is 48.3 Å². The SMILES string of the molecule is COc1cc(/C=C/C(=O)C(CC(=O)O)=C(O)/C=C/c2ccc(OC(C)=O)c(OC)c2)ccc1OC(C)=O. The summed E-state index contributed by atoms with van der Waals surface area (Å²) in [5.41, 5.74) is 0.690. The summed E-state index contributed by atoms with van der Waals surface area (Å²) < 4.78 is 20.4. The van der Waals surface area contributed by atoms with Crippen LogP contribution in [0, 0.1) is 0 Å². The zero-order valence-electron chi connectivity index (χ0n) is 20.6. The van der Waals surface area contributed by atoms with Crippen molar-refractivity contribution in [2.45, 2.75) is 20.3 Å². The van der Waals surface area contributed by atoms with Crippen LogP contribution in [-0.2, 0) is 19.2 Å². The van der Waals surface area contributed by atoms with Gasteiger partial charge in [-0.15, -0.1) is 0 Å². The van der Waals surface area contributed by atoms with Gasteiger partial charge in [-0.1, -0.05) is 24.3 Å². The van der Waals surface area contributed by atoms with E-state index in [9.17, 15) is 29.4 Å². The molecule has 0 aliphatic heterocycles. The second kappa shape index (κ2) is 13.3. The summed E-state index contributed by atoms with van der Waals surface area (Å²) >= 11 is 0. The average molecular weight is 510 g/mol. The molecule has 0 aliphatic carbocycles. The molecule has 0 radical (unpaired) electrons. The largest absolute Gasteiger partial charge is 0.508 e. The van der Waals surface area contributed by atoms with Crippen LogP contribution in [0.3, 0.4) is 0 Å². The monoisotopic (exact) mass is 510 g/mol. The van der Waals surface area contributed by atoms with Gasteiger partial charge in [0.1, 0.15) is 5.76 Å². The van der Waals surface area contributed by atoms with Gasteiger partial charge in [-0.05, 0) is 47.5 Å². The van der Waals surface area contributed by atoms with Crippen LogP contribution < -0.4 is 18.9 Å². The molecular formula is C27H26O10. The highest BCUT2D eigenvalue weighted by atomic mass is 16.6.